The predicted molar refractivity (Wildman–Crippen MR) is 139 cm³/mol. The highest BCUT2D eigenvalue weighted by molar-refractivity contribution is 6.28. The molecule has 1 aromatic heterocycles. The van der Waals surface area contributed by atoms with Crippen LogP contribution in [0.5, 0.6) is 5.88 Å². The summed E-state index contributed by atoms with van der Waals surface area (Å²) in [6.45, 7) is 10.0. The molecule has 1 aliphatic rings. The van der Waals surface area contributed by atoms with Gasteiger partial charge in [-0.25, -0.2) is 0 Å². The summed E-state index contributed by atoms with van der Waals surface area (Å²) < 4.78 is 11.7. The van der Waals surface area contributed by atoms with Gasteiger partial charge in [0.1, 0.15) is 6.23 Å². The van der Waals surface area contributed by atoms with Crippen LogP contribution in [-0.2, 0) is 4.74 Å². The molecule has 1 aromatic rings. The molecule has 3 unspecified atom stereocenters. The molecule has 3 atom stereocenters. The van der Waals surface area contributed by atoms with Gasteiger partial charge < -0.3 is 14.5 Å². The lowest BCUT2D eigenvalue weighted by atomic mass is 9.95. The van der Waals surface area contributed by atoms with E-state index in [1.807, 2.05) is 30.5 Å². The molecule has 0 spiro atoms. The van der Waals surface area contributed by atoms with Crippen LogP contribution in [0.3, 0.4) is 0 Å². The molecule has 33 heavy (non-hydrogen) atoms. The number of aromatic nitrogens is 2. The molecule has 5 nitrogen and oxygen atoms in total. The average Bonchev–Trinajstić information content (AvgIpc) is 2.84. The van der Waals surface area contributed by atoms with E-state index in [-0.39, 0.29) is 6.23 Å². The van der Waals surface area contributed by atoms with Crippen molar-refractivity contribution in [3.8, 4) is 5.88 Å². The van der Waals surface area contributed by atoms with Crippen LogP contribution in [0.15, 0.2) is 30.5 Å². The van der Waals surface area contributed by atoms with E-state index in [2.05, 4.69) is 43.2 Å². The van der Waals surface area contributed by atoms with Crippen LogP contribution in [-0.4, -0.2) is 32.8 Å². The monoisotopic (exact) mass is 471 g/mol. The van der Waals surface area contributed by atoms with Gasteiger partial charge >= 0.3 is 9.76 Å². The van der Waals surface area contributed by atoms with E-state index in [4.69, 9.17) is 9.16 Å². The Bertz CT molecular complexity index is 693. The Morgan fingerprint density at radius 1 is 0.939 bits per heavy atom. The molecular weight excluding hydrogens is 426 g/mol. The zero-order valence-corrected chi connectivity index (χ0v) is 22.3. The third-order valence-corrected chi connectivity index (χ3v) is 7.36. The predicted octanol–water partition coefficient (Wildman–Crippen LogP) is 6.95. The van der Waals surface area contributed by atoms with E-state index in [1.165, 1.54) is 57.8 Å². The largest absolute Gasteiger partial charge is 0.527 e. The second kappa shape index (κ2) is 16.9. The topological polar surface area (TPSA) is 56.3 Å². The standard InChI is InChI=1S/C27H45N3O2Si/c1-5-7-9-10-11-19-31-26-17-15-24(20-28-26)25-16-18-27(30-29-25)32-33-21-23(4)14-13-22(3)12-8-6-2/h15-18,20,22-23,26,28H,5-14,19,21H2,1-4H3. The summed E-state index contributed by atoms with van der Waals surface area (Å²) in [6, 6.07) is 4.97. The first-order chi connectivity index (χ1) is 16.1. The number of hydrogen-bond donors (Lipinski definition) is 1. The molecule has 0 amide bonds. The minimum Gasteiger partial charge on any atom is -0.527 e. The van der Waals surface area contributed by atoms with Gasteiger partial charge in [0.15, 0.2) is 0 Å². The van der Waals surface area contributed by atoms with Crippen molar-refractivity contribution in [2.75, 3.05) is 6.61 Å². The maximum absolute atomic E-state index is 5.88. The molecular formula is C27H45N3O2Si. The molecule has 0 bridgehead atoms. The van der Waals surface area contributed by atoms with Crippen molar-refractivity contribution in [2.45, 2.75) is 104 Å². The summed E-state index contributed by atoms with van der Waals surface area (Å²) in [4.78, 5) is 0. The molecule has 0 saturated heterocycles. The SMILES string of the molecule is CCCCCCCOC1C=CC(c2ccc(O[Si]CC(C)CCC(C)CCCC)nn2)=CN1. The van der Waals surface area contributed by atoms with Gasteiger partial charge in [0.05, 0.1) is 5.69 Å². The first kappa shape index (κ1) is 27.6. The summed E-state index contributed by atoms with van der Waals surface area (Å²) in [6.07, 6.45) is 18.8. The maximum atomic E-state index is 5.88. The van der Waals surface area contributed by atoms with Gasteiger partial charge in [0, 0.05) is 24.4 Å². The number of dihydropyridines is 1. The third-order valence-electron chi connectivity index (χ3n) is 6.15. The zero-order chi connectivity index (χ0) is 23.7. The lowest BCUT2D eigenvalue weighted by Gasteiger charge is -2.19. The molecule has 2 radical (unpaired) electrons. The van der Waals surface area contributed by atoms with Crippen molar-refractivity contribution in [1.82, 2.24) is 15.5 Å². The van der Waals surface area contributed by atoms with E-state index >= 15 is 0 Å². The van der Waals surface area contributed by atoms with Gasteiger partial charge in [-0.1, -0.05) is 91.6 Å². The van der Waals surface area contributed by atoms with Gasteiger partial charge in [-0.2, -0.15) is 0 Å². The number of allylic oxidation sites excluding steroid dienone is 2. The normalized spacial score (nSPS) is 17.3. The van der Waals surface area contributed by atoms with Crippen LogP contribution in [0, 0.1) is 11.8 Å². The number of unbranched alkanes of at least 4 members (excludes halogenated alkanes) is 5. The summed E-state index contributed by atoms with van der Waals surface area (Å²) in [5.74, 6) is 2.14. The second-order valence-electron chi connectivity index (χ2n) is 9.47. The number of hydrogen-bond acceptors (Lipinski definition) is 5. The minimum absolute atomic E-state index is 0.0617. The van der Waals surface area contributed by atoms with Gasteiger partial charge in [0.25, 0.3) is 0 Å². The van der Waals surface area contributed by atoms with Crippen LogP contribution in [0.4, 0.5) is 0 Å². The second-order valence-corrected chi connectivity index (χ2v) is 10.4. The van der Waals surface area contributed by atoms with Crippen LogP contribution < -0.4 is 9.74 Å². The maximum Gasteiger partial charge on any atom is 0.313 e. The molecule has 0 fully saturated rings. The van der Waals surface area contributed by atoms with Crippen molar-refractivity contribution in [2.24, 2.45) is 11.8 Å². The van der Waals surface area contributed by atoms with Crippen molar-refractivity contribution in [1.29, 1.82) is 0 Å². The molecule has 0 aliphatic carbocycles. The molecule has 184 valence electrons. The van der Waals surface area contributed by atoms with E-state index in [9.17, 15) is 0 Å². The lowest BCUT2D eigenvalue weighted by Crippen LogP contribution is -2.28. The Kier molecular flexibility index (Phi) is 14.1. The fourth-order valence-electron chi connectivity index (χ4n) is 3.80. The Labute approximate surface area is 204 Å². The number of nitrogens with one attached hydrogen (secondary N) is 1. The van der Waals surface area contributed by atoms with E-state index in [1.54, 1.807) is 0 Å². The minimum atomic E-state index is -0.0617. The highest BCUT2D eigenvalue weighted by Gasteiger charge is 2.12. The first-order valence-electron chi connectivity index (χ1n) is 13.1. The summed E-state index contributed by atoms with van der Waals surface area (Å²) in [5.41, 5.74) is 1.84. The summed E-state index contributed by atoms with van der Waals surface area (Å²) in [5, 5.41) is 11.9. The third kappa shape index (κ3) is 11.9. The van der Waals surface area contributed by atoms with Gasteiger partial charge in [0.2, 0.25) is 5.88 Å². The summed E-state index contributed by atoms with van der Waals surface area (Å²) in [7, 11) is 0.433. The Morgan fingerprint density at radius 2 is 1.73 bits per heavy atom. The van der Waals surface area contributed by atoms with Crippen LogP contribution in [0.1, 0.15) is 97.6 Å². The molecule has 2 heterocycles. The quantitative estimate of drug-likeness (QED) is 0.185. The molecule has 2 rings (SSSR count). The molecule has 1 N–H and O–H groups in total. The van der Waals surface area contributed by atoms with Crippen molar-refractivity contribution in [3.63, 3.8) is 0 Å². The van der Waals surface area contributed by atoms with Crippen molar-refractivity contribution in [3.05, 3.63) is 36.2 Å². The number of ether oxygens (including phenoxy) is 1. The molecule has 6 heteroatoms. The first-order valence-corrected chi connectivity index (χ1v) is 14.2. The van der Waals surface area contributed by atoms with Crippen LogP contribution in [0.2, 0.25) is 6.04 Å². The van der Waals surface area contributed by atoms with E-state index in [0.29, 0.717) is 21.6 Å². The van der Waals surface area contributed by atoms with Crippen LogP contribution in [0.25, 0.3) is 5.57 Å². The van der Waals surface area contributed by atoms with Gasteiger partial charge in [-0.05, 0) is 36.4 Å². The highest BCUT2D eigenvalue weighted by atomic mass is 28.2. The number of rotatable bonds is 18. The number of nitrogens with zero attached hydrogens (tertiary/aromatic N) is 2. The van der Waals surface area contributed by atoms with E-state index in [0.717, 1.165) is 36.3 Å². The fraction of sp³-hybridized carbons (Fsp3) is 0.704. The fourth-order valence-corrected chi connectivity index (χ4v) is 4.63. The Balaban J connectivity index is 1.63. The van der Waals surface area contributed by atoms with Crippen molar-refractivity contribution >= 4 is 15.3 Å². The molecule has 1 aliphatic heterocycles. The summed E-state index contributed by atoms with van der Waals surface area (Å²) >= 11 is 0. The smallest absolute Gasteiger partial charge is 0.313 e. The lowest BCUT2D eigenvalue weighted by molar-refractivity contribution is 0.0682. The zero-order valence-electron chi connectivity index (χ0n) is 21.3. The Morgan fingerprint density at radius 3 is 2.42 bits per heavy atom. The highest BCUT2D eigenvalue weighted by Crippen LogP contribution is 2.21. The van der Waals surface area contributed by atoms with Crippen molar-refractivity contribution < 1.29 is 9.16 Å². The van der Waals surface area contributed by atoms with Crippen LogP contribution >= 0.6 is 0 Å². The average molecular weight is 472 g/mol. The molecule has 0 aromatic carbocycles. The van der Waals surface area contributed by atoms with E-state index < -0.39 is 0 Å². The van der Waals surface area contributed by atoms with Gasteiger partial charge in [-0.3, -0.25) is 0 Å². The van der Waals surface area contributed by atoms with Gasteiger partial charge in [-0.15, -0.1) is 10.2 Å². The molecule has 0 saturated carbocycles. The Hall–Kier alpha value is -1.66.